The molecule has 76 valence electrons. The van der Waals surface area contributed by atoms with Crippen LogP contribution in [-0.2, 0) is 0 Å². The Kier molecular flexibility index (Phi) is 2.39. The predicted octanol–water partition coefficient (Wildman–Crippen LogP) is 3.35. The summed E-state index contributed by atoms with van der Waals surface area (Å²) in [5.74, 6) is 0.872. The summed E-state index contributed by atoms with van der Waals surface area (Å²) in [5.41, 5.74) is 1.42. The fourth-order valence-electron chi connectivity index (χ4n) is 2.65. The molecule has 0 aromatic heterocycles. The lowest BCUT2D eigenvalue weighted by molar-refractivity contribution is 0.700. The van der Waals surface area contributed by atoms with E-state index in [4.69, 9.17) is 0 Å². The molecule has 1 aliphatic heterocycles. The van der Waals surface area contributed by atoms with Gasteiger partial charge >= 0.3 is 0 Å². The summed E-state index contributed by atoms with van der Waals surface area (Å²) in [6.45, 7) is 8.58. The van der Waals surface area contributed by atoms with Gasteiger partial charge in [0.15, 0.2) is 8.24 Å². The van der Waals surface area contributed by atoms with Crippen molar-refractivity contribution in [2.24, 2.45) is 5.92 Å². The third-order valence-corrected chi connectivity index (χ3v) is 6.74. The molecule has 14 heavy (non-hydrogen) atoms. The summed E-state index contributed by atoms with van der Waals surface area (Å²) < 4.78 is 2.66. The highest BCUT2D eigenvalue weighted by atomic mass is 28.3. The van der Waals surface area contributed by atoms with Crippen LogP contribution in [0.25, 0.3) is 0 Å². The highest BCUT2D eigenvalue weighted by Crippen LogP contribution is 2.34. The lowest BCUT2D eigenvalue weighted by Crippen LogP contribution is -2.43. The Morgan fingerprint density at radius 3 is 2.36 bits per heavy atom. The molecule has 0 bridgehead atoms. The standard InChI is InChI=1S/C12H19NSi/c1-11-9-13(14(2,3)10-11)12-7-5-4-6-8-12/h4-8,11H,9-10H2,1-3H3. The van der Waals surface area contributed by atoms with Crippen molar-refractivity contribution in [1.82, 2.24) is 0 Å². The van der Waals surface area contributed by atoms with Crippen molar-refractivity contribution in [2.75, 3.05) is 11.1 Å². The van der Waals surface area contributed by atoms with Crippen LogP contribution in [-0.4, -0.2) is 14.8 Å². The fourth-order valence-corrected chi connectivity index (χ4v) is 6.36. The van der Waals surface area contributed by atoms with E-state index in [2.05, 4.69) is 54.9 Å². The van der Waals surface area contributed by atoms with Gasteiger partial charge in [-0.1, -0.05) is 38.2 Å². The van der Waals surface area contributed by atoms with E-state index in [1.807, 2.05) is 0 Å². The summed E-state index contributed by atoms with van der Waals surface area (Å²) in [6.07, 6.45) is 0. The average molecular weight is 205 g/mol. The molecule has 2 heteroatoms. The maximum absolute atomic E-state index is 2.66. The number of nitrogens with zero attached hydrogens (tertiary/aromatic N) is 1. The SMILES string of the molecule is CC1CN(c2ccccc2)[Si](C)(C)C1. The van der Waals surface area contributed by atoms with Crippen LogP contribution in [0.3, 0.4) is 0 Å². The van der Waals surface area contributed by atoms with Crippen molar-refractivity contribution in [1.29, 1.82) is 0 Å². The maximum atomic E-state index is 2.66. The zero-order valence-electron chi connectivity index (χ0n) is 9.33. The minimum absolute atomic E-state index is 0.872. The molecule has 0 amide bonds. The summed E-state index contributed by atoms with van der Waals surface area (Å²) in [4.78, 5) is 0. The van der Waals surface area contributed by atoms with Gasteiger partial charge in [0.2, 0.25) is 0 Å². The summed E-state index contributed by atoms with van der Waals surface area (Å²) >= 11 is 0. The number of benzene rings is 1. The summed E-state index contributed by atoms with van der Waals surface area (Å²) in [7, 11) is -1.14. The van der Waals surface area contributed by atoms with Crippen molar-refractivity contribution in [3.05, 3.63) is 30.3 Å². The molecule has 0 aliphatic carbocycles. The zero-order valence-corrected chi connectivity index (χ0v) is 10.3. The van der Waals surface area contributed by atoms with Crippen LogP contribution >= 0.6 is 0 Å². The Morgan fingerprint density at radius 2 is 1.86 bits per heavy atom. The van der Waals surface area contributed by atoms with Crippen molar-refractivity contribution >= 4 is 13.9 Å². The molecule has 0 spiro atoms. The number of anilines is 1. The van der Waals surface area contributed by atoms with Crippen molar-refractivity contribution in [3.8, 4) is 0 Å². The molecule has 1 unspecified atom stereocenters. The lowest BCUT2D eigenvalue weighted by atomic mass is 10.2. The van der Waals surface area contributed by atoms with E-state index < -0.39 is 8.24 Å². The van der Waals surface area contributed by atoms with Gasteiger partial charge in [-0.05, 0) is 24.1 Å². The van der Waals surface area contributed by atoms with Gasteiger partial charge in [0.1, 0.15) is 0 Å². The molecule has 1 atom stereocenters. The molecule has 1 fully saturated rings. The summed E-state index contributed by atoms with van der Waals surface area (Å²) in [5, 5.41) is 0. The molecule has 0 radical (unpaired) electrons. The van der Waals surface area contributed by atoms with Crippen LogP contribution in [0.1, 0.15) is 6.92 Å². The first-order valence-corrected chi connectivity index (χ1v) is 8.58. The Morgan fingerprint density at radius 1 is 1.21 bits per heavy atom. The monoisotopic (exact) mass is 205 g/mol. The third kappa shape index (κ3) is 1.71. The number of hydrogen-bond acceptors (Lipinski definition) is 1. The molecule has 0 saturated carbocycles. The van der Waals surface area contributed by atoms with Gasteiger partial charge < -0.3 is 4.57 Å². The van der Waals surface area contributed by atoms with Crippen LogP contribution in [0.5, 0.6) is 0 Å². The topological polar surface area (TPSA) is 3.24 Å². The van der Waals surface area contributed by atoms with Gasteiger partial charge in [0, 0.05) is 12.2 Å². The molecule has 1 heterocycles. The molecular weight excluding hydrogens is 186 g/mol. The predicted molar refractivity (Wildman–Crippen MR) is 65.2 cm³/mol. The molecule has 1 nitrogen and oxygen atoms in total. The van der Waals surface area contributed by atoms with Gasteiger partial charge in [0.05, 0.1) is 0 Å². The molecule has 2 rings (SSSR count). The first-order valence-electron chi connectivity index (χ1n) is 5.42. The van der Waals surface area contributed by atoms with E-state index in [-0.39, 0.29) is 0 Å². The Balaban J connectivity index is 2.27. The first-order chi connectivity index (χ1) is 6.59. The van der Waals surface area contributed by atoms with Gasteiger partial charge in [0.25, 0.3) is 0 Å². The third-order valence-electron chi connectivity index (χ3n) is 3.14. The second-order valence-electron chi connectivity index (χ2n) is 5.07. The van der Waals surface area contributed by atoms with E-state index in [1.54, 1.807) is 0 Å². The maximum Gasteiger partial charge on any atom is 0.150 e. The Labute approximate surface area is 87.8 Å². The van der Waals surface area contributed by atoms with E-state index in [0.717, 1.165) is 5.92 Å². The van der Waals surface area contributed by atoms with Crippen LogP contribution < -0.4 is 4.57 Å². The van der Waals surface area contributed by atoms with Crippen molar-refractivity contribution in [3.63, 3.8) is 0 Å². The molecular formula is C12H19NSi. The number of para-hydroxylation sites is 1. The zero-order chi connectivity index (χ0) is 10.2. The smallest absolute Gasteiger partial charge is 0.150 e. The van der Waals surface area contributed by atoms with E-state index in [0.29, 0.717) is 0 Å². The Bertz CT molecular complexity index is 307. The number of hydrogen-bond donors (Lipinski definition) is 0. The molecule has 1 aliphatic rings. The highest BCUT2D eigenvalue weighted by molar-refractivity contribution is 6.81. The van der Waals surface area contributed by atoms with E-state index in [1.165, 1.54) is 18.3 Å². The van der Waals surface area contributed by atoms with Crippen LogP contribution in [0.2, 0.25) is 19.1 Å². The largest absolute Gasteiger partial charge is 0.397 e. The van der Waals surface area contributed by atoms with E-state index >= 15 is 0 Å². The van der Waals surface area contributed by atoms with Gasteiger partial charge in [-0.15, -0.1) is 0 Å². The highest BCUT2D eigenvalue weighted by Gasteiger charge is 2.38. The molecule has 1 aromatic rings. The van der Waals surface area contributed by atoms with Gasteiger partial charge in [-0.25, -0.2) is 0 Å². The first kappa shape index (κ1) is 9.78. The van der Waals surface area contributed by atoms with Gasteiger partial charge in [-0.2, -0.15) is 0 Å². The van der Waals surface area contributed by atoms with Crippen molar-refractivity contribution < 1.29 is 0 Å². The molecule has 0 N–H and O–H groups in total. The second kappa shape index (κ2) is 3.43. The van der Waals surface area contributed by atoms with Crippen molar-refractivity contribution in [2.45, 2.75) is 26.1 Å². The molecule has 1 saturated heterocycles. The quantitative estimate of drug-likeness (QED) is 0.636. The normalized spacial score (nSPS) is 25.4. The van der Waals surface area contributed by atoms with Crippen LogP contribution in [0.4, 0.5) is 5.69 Å². The minimum Gasteiger partial charge on any atom is -0.397 e. The fraction of sp³-hybridized carbons (Fsp3) is 0.500. The minimum atomic E-state index is -1.14. The second-order valence-corrected chi connectivity index (χ2v) is 9.64. The number of rotatable bonds is 1. The van der Waals surface area contributed by atoms with Crippen LogP contribution in [0, 0.1) is 5.92 Å². The van der Waals surface area contributed by atoms with Gasteiger partial charge in [-0.3, -0.25) is 0 Å². The average Bonchev–Trinajstić information content (AvgIpc) is 2.41. The Hall–Kier alpha value is -0.763. The molecule has 1 aromatic carbocycles. The van der Waals surface area contributed by atoms with E-state index in [9.17, 15) is 0 Å². The lowest BCUT2D eigenvalue weighted by Gasteiger charge is -2.31. The summed E-state index contributed by atoms with van der Waals surface area (Å²) in [6, 6.07) is 12.3. The van der Waals surface area contributed by atoms with Crippen LogP contribution in [0.15, 0.2) is 30.3 Å².